The fourth-order valence-corrected chi connectivity index (χ4v) is 1.82. The van der Waals surface area contributed by atoms with Crippen molar-refractivity contribution in [2.24, 2.45) is 7.05 Å². The van der Waals surface area contributed by atoms with Crippen LogP contribution >= 0.6 is 0 Å². The lowest BCUT2D eigenvalue weighted by atomic mass is 10.1. The van der Waals surface area contributed by atoms with Gasteiger partial charge in [0, 0.05) is 20.0 Å². The van der Waals surface area contributed by atoms with Crippen molar-refractivity contribution in [3.8, 4) is 0 Å². The molecule has 0 bridgehead atoms. The van der Waals surface area contributed by atoms with Gasteiger partial charge in [-0.25, -0.2) is 0 Å². The van der Waals surface area contributed by atoms with Gasteiger partial charge in [0.25, 0.3) is 0 Å². The number of nitrogens with zero attached hydrogens (tertiary/aromatic N) is 3. The molecule has 0 saturated heterocycles. The second kappa shape index (κ2) is 4.55. The lowest BCUT2D eigenvalue weighted by Crippen LogP contribution is -2.33. The molecule has 0 amide bonds. The zero-order valence-electron chi connectivity index (χ0n) is 8.94. The van der Waals surface area contributed by atoms with Crippen molar-refractivity contribution < 1.29 is 4.74 Å². The van der Waals surface area contributed by atoms with E-state index in [0.717, 1.165) is 18.7 Å². The van der Waals surface area contributed by atoms with Gasteiger partial charge in [-0.05, 0) is 0 Å². The molecular formula is C10H16N4O. The zero-order valence-corrected chi connectivity index (χ0v) is 8.94. The molecule has 0 radical (unpaired) electrons. The Morgan fingerprint density at radius 2 is 2.60 bits per heavy atom. The Balaban J connectivity index is 2.05. The van der Waals surface area contributed by atoms with Gasteiger partial charge in [-0.2, -0.15) is 0 Å². The molecule has 0 aliphatic carbocycles. The quantitative estimate of drug-likeness (QED) is 0.567. The van der Waals surface area contributed by atoms with Crippen LogP contribution in [0.1, 0.15) is 17.4 Å². The van der Waals surface area contributed by atoms with E-state index in [1.807, 2.05) is 11.7 Å². The van der Waals surface area contributed by atoms with Crippen molar-refractivity contribution in [2.45, 2.75) is 12.5 Å². The maximum atomic E-state index is 5.43. The Bertz CT molecular complexity index is 347. The number of rotatable bonds is 4. The average Bonchev–Trinajstić information content (AvgIpc) is 2.62. The van der Waals surface area contributed by atoms with Crippen LogP contribution in [0, 0.1) is 0 Å². The molecule has 5 nitrogen and oxygen atoms in total. The number of nitrogens with one attached hydrogen (secondary N) is 1. The summed E-state index contributed by atoms with van der Waals surface area (Å²) < 4.78 is 7.27. The molecule has 1 aliphatic heterocycles. The van der Waals surface area contributed by atoms with E-state index in [0.29, 0.717) is 13.2 Å². The van der Waals surface area contributed by atoms with Crippen LogP contribution in [0.5, 0.6) is 0 Å². The SMILES string of the molecule is C=CCOC[C@H]1NCCc2c1nnn2C. The summed E-state index contributed by atoms with van der Waals surface area (Å²) in [5.74, 6) is 0. The molecule has 0 aromatic carbocycles. The summed E-state index contributed by atoms with van der Waals surface area (Å²) in [6.45, 7) is 5.77. The van der Waals surface area contributed by atoms with Gasteiger partial charge < -0.3 is 10.1 Å². The normalized spacial score (nSPS) is 19.9. The summed E-state index contributed by atoms with van der Waals surface area (Å²) in [4.78, 5) is 0. The fourth-order valence-electron chi connectivity index (χ4n) is 1.82. The third kappa shape index (κ3) is 2.08. The van der Waals surface area contributed by atoms with Crippen LogP contribution in [0.25, 0.3) is 0 Å². The van der Waals surface area contributed by atoms with Gasteiger partial charge >= 0.3 is 0 Å². The number of hydrogen-bond acceptors (Lipinski definition) is 4. The first kappa shape index (κ1) is 10.3. The molecule has 1 N–H and O–H groups in total. The van der Waals surface area contributed by atoms with Crippen molar-refractivity contribution in [3.63, 3.8) is 0 Å². The molecule has 82 valence electrons. The van der Waals surface area contributed by atoms with Crippen LogP contribution in [-0.4, -0.2) is 34.8 Å². The summed E-state index contributed by atoms with van der Waals surface area (Å²) in [7, 11) is 1.93. The fraction of sp³-hybridized carbons (Fsp3) is 0.600. The van der Waals surface area contributed by atoms with Crippen molar-refractivity contribution in [1.29, 1.82) is 0 Å². The molecule has 5 heteroatoms. The van der Waals surface area contributed by atoms with Gasteiger partial charge in [-0.3, -0.25) is 4.68 Å². The Hall–Kier alpha value is -1.20. The van der Waals surface area contributed by atoms with Gasteiger partial charge in [0.2, 0.25) is 0 Å². The van der Waals surface area contributed by atoms with Crippen LogP contribution in [0.15, 0.2) is 12.7 Å². The highest BCUT2D eigenvalue weighted by Gasteiger charge is 2.24. The second-order valence-electron chi connectivity index (χ2n) is 3.63. The molecular weight excluding hydrogens is 192 g/mol. The van der Waals surface area contributed by atoms with E-state index in [2.05, 4.69) is 22.2 Å². The van der Waals surface area contributed by atoms with Gasteiger partial charge in [0.15, 0.2) is 0 Å². The Kier molecular flexibility index (Phi) is 3.13. The van der Waals surface area contributed by atoms with Crippen LogP contribution in [0.3, 0.4) is 0 Å². The summed E-state index contributed by atoms with van der Waals surface area (Å²) in [6, 6.07) is 0.169. The van der Waals surface area contributed by atoms with Crippen LogP contribution < -0.4 is 5.32 Å². The van der Waals surface area contributed by atoms with E-state index in [9.17, 15) is 0 Å². The Morgan fingerprint density at radius 3 is 3.40 bits per heavy atom. The minimum absolute atomic E-state index is 0.169. The molecule has 1 aliphatic rings. The highest BCUT2D eigenvalue weighted by Crippen LogP contribution is 2.19. The summed E-state index contributed by atoms with van der Waals surface area (Å²) in [5.41, 5.74) is 2.23. The standard InChI is InChI=1S/C10H16N4O/c1-3-6-15-7-8-10-9(4-5-11-8)14(2)13-12-10/h3,8,11H,1,4-7H2,2H3/t8-/m1/s1. The van der Waals surface area contributed by atoms with Crippen molar-refractivity contribution >= 4 is 0 Å². The largest absolute Gasteiger partial charge is 0.375 e. The number of hydrogen-bond donors (Lipinski definition) is 1. The molecule has 1 atom stereocenters. The molecule has 0 spiro atoms. The number of ether oxygens (including phenoxy) is 1. The molecule has 0 fully saturated rings. The molecule has 15 heavy (non-hydrogen) atoms. The molecule has 0 unspecified atom stereocenters. The molecule has 1 aromatic heterocycles. The van der Waals surface area contributed by atoms with Gasteiger partial charge in [0.1, 0.15) is 5.69 Å². The maximum absolute atomic E-state index is 5.43. The van der Waals surface area contributed by atoms with Crippen LogP contribution in [0.4, 0.5) is 0 Å². The van der Waals surface area contributed by atoms with Crippen molar-refractivity contribution in [1.82, 2.24) is 20.3 Å². The monoisotopic (exact) mass is 208 g/mol. The van der Waals surface area contributed by atoms with E-state index in [4.69, 9.17) is 4.74 Å². The third-order valence-electron chi connectivity index (χ3n) is 2.58. The molecule has 1 aromatic rings. The van der Waals surface area contributed by atoms with Gasteiger partial charge in [0.05, 0.1) is 24.9 Å². The van der Waals surface area contributed by atoms with Gasteiger partial charge in [-0.1, -0.05) is 11.3 Å². The van der Waals surface area contributed by atoms with Crippen LogP contribution in [0.2, 0.25) is 0 Å². The highest BCUT2D eigenvalue weighted by atomic mass is 16.5. The lowest BCUT2D eigenvalue weighted by Gasteiger charge is -2.22. The predicted molar refractivity (Wildman–Crippen MR) is 56.5 cm³/mol. The Morgan fingerprint density at radius 1 is 1.73 bits per heavy atom. The average molecular weight is 208 g/mol. The Labute approximate surface area is 89.1 Å². The molecule has 2 rings (SSSR count). The van der Waals surface area contributed by atoms with E-state index in [1.165, 1.54) is 5.69 Å². The smallest absolute Gasteiger partial charge is 0.105 e. The van der Waals surface area contributed by atoms with E-state index in [-0.39, 0.29) is 6.04 Å². The van der Waals surface area contributed by atoms with Crippen molar-refractivity contribution in [2.75, 3.05) is 19.8 Å². The van der Waals surface area contributed by atoms with E-state index < -0.39 is 0 Å². The minimum Gasteiger partial charge on any atom is -0.375 e. The predicted octanol–water partition coefficient (Wildman–Crippen LogP) is 0.204. The third-order valence-corrected chi connectivity index (χ3v) is 2.58. The van der Waals surface area contributed by atoms with E-state index >= 15 is 0 Å². The first-order valence-electron chi connectivity index (χ1n) is 5.13. The summed E-state index contributed by atoms with van der Waals surface area (Å²) in [5, 5.41) is 11.6. The minimum atomic E-state index is 0.169. The zero-order chi connectivity index (χ0) is 10.7. The topological polar surface area (TPSA) is 52.0 Å². The summed E-state index contributed by atoms with van der Waals surface area (Å²) in [6.07, 6.45) is 2.73. The highest BCUT2D eigenvalue weighted by molar-refractivity contribution is 5.18. The number of aromatic nitrogens is 3. The molecule has 2 heterocycles. The molecule has 0 saturated carbocycles. The van der Waals surface area contributed by atoms with E-state index in [1.54, 1.807) is 6.08 Å². The van der Waals surface area contributed by atoms with Gasteiger partial charge in [-0.15, -0.1) is 11.7 Å². The maximum Gasteiger partial charge on any atom is 0.105 e. The number of fused-ring (bicyclic) bond motifs is 1. The summed E-state index contributed by atoms with van der Waals surface area (Å²) >= 11 is 0. The number of aryl methyl sites for hydroxylation is 1. The first-order valence-corrected chi connectivity index (χ1v) is 5.13. The second-order valence-corrected chi connectivity index (χ2v) is 3.63. The van der Waals surface area contributed by atoms with Crippen molar-refractivity contribution in [3.05, 3.63) is 24.0 Å². The van der Waals surface area contributed by atoms with Crippen LogP contribution in [-0.2, 0) is 18.2 Å². The lowest BCUT2D eigenvalue weighted by molar-refractivity contribution is 0.132. The first-order chi connectivity index (χ1) is 7.33.